The van der Waals surface area contributed by atoms with E-state index in [1.54, 1.807) is 0 Å². The summed E-state index contributed by atoms with van der Waals surface area (Å²) in [6, 6.07) is 6.43. The van der Waals surface area contributed by atoms with Gasteiger partial charge in [-0.1, -0.05) is 31.4 Å². The maximum Gasteiger partial charge on any atom is 0.122 e. The van der Waals surface area contributed by atoms with Crippen LogP contribution in [-0.2, 0) is 0 Å². The van der Waals surface area contributed by atoms with Crippen LogP contribution in [-0.4, -0.2) is 31.1 Å². The van der Waals surface area contributed by atoms with Crippen molar-refractivity contribution >= 4 is 0 Å². The Morgan fingerprint density at radius 1 is 0.952 bits per heavy atom. The van der Waals surface area contributed by atoms with E-state index in [0.29, 0.717) is 0 Å². The zero-order valence-electron chi connectivity index (χ0n) is 13.9. The molecule has 0 spiro atoms. The molecule has 1 saturated heterocycles. The summed E-state index contributed by atoms with van der Waals surface area (Å²) < 4.78 is 5.90. The third kappa shape index (κ3) is 6.09. The summed E-state index contributed by atoms with van der Waals surface area (Å²) in [5.41, 5.74) is 2.52. The van der Waals surface area contributed by atoms with Crippen LogP contribution < -0.4 is 4.74 Å². The number of rotatable bonds is 8. The molecule has 0 aliphatic carbocycles. The number of likely N-dealkylation sites (tertiary alicyclic amines) is 1. The van der Waals surface area contributed by atoms with Crippen LogP contribution in [0.4, 0.5) is 0 Å². The Morgan fingerprint density at radius 3 is 2.52 bits per heavy atom. The number of nitrogens with zero attached hydrogens (tertiary/aromatic N) is 1. The lowest BCUT2D eigenvalue weighted by atomic mass is 10.1. The van der Waals surface area contributed by atoms with Gasteiger partial charge in [0.05, 0.1) is 6.61 Å². The molecule has 2 nitrogen and oxygen atoms in total. The lowest BCUT2D eigenvalue weighted by Gasteiger charge is -2.26. The maximum absolute atomic E-state index is 5.90. The van der Waals surface area contributed by atoms with Gasteiger partial charge in [0, 0.05) is 0 Å². The summed E-state index contributed by atoms with van der Waals surface area (Å²) in [6.45, 7) is 9.05. The van der Waals surface area contributed by atoms with Crippen LogP contribution in [0.25, 0.3) is 0 Å². The molecule has 1 heterocycles. The van der Waals surface area contributed by atoms with Gasteiger partial charge in [-0.15, -0.1) is 0 Å². The Kier molecular flexibility index (Phi) is 7.08. The van der Waals surface area contributed by atoms with Crippen molar-refractivity contribution in [2.45, 2.75) is 58.8 Å². The van der Waals surface area contributed by atoms with E-state index < -0.39 is 0 Å². The molecule has 1 aliphatic rings. The minimum Gasteiger partial charge on any atom is -0.493 e. The molecular weight excluding hydrogens is 258 g/mol. The number of aryl methyl sites for hydroxylation is 2. The van der Waals surface area contributed by atoms with Gasteiger partial charge in [0.1, 0.15) is 5.75 Å². The van der Waals surface area contributed by atoms with Crippen LogP contribution in [0.3, 0.4) is 0 Å². The largest absolute Gasteiger partial charge is 0.493 e. The molecule has 1 aromatic carbocycles. The molecule has 21 heavy (non-hydrogen) atoms. The molecule has 0 bridgehead atoms. The number of unbranched alkanes of at least 4 members (excludes halogenated alkanes) is 3. The van der Waals surface area contributed by atoms with Crippen LogP contribution in [0.5, 0.6) is 5.75 Å². The van der Waals surface area contributed by atoms with E-state index in [-0.39, 0.29) is 0 Å². The third-order valence-corrected chi connectivity index (χ3v) is 4.42. The number of benzene rings is 1. The standard InChI is InChI=1S/C19H31NO/c1-17-10-11-18(2)19(16-17)21-15-9-4-3-6-12-20-13-7-5-8-14-20/h10-11,16H,3-9,12-15H2,1-2H3. The molecule has 1 aromatic rings. The van der Waals surface area contributed by atoms with E-state index in [0.717, 1.165) is 12.4 Å². The zero-order chi connectivity index (χ0) is 14.9. The van der Waals surface area contributed by atoms with E-state index in [1.165, 1.54) is 75.7 Å². The SMILES string of the molecule is Cc1ccc(C)c(OCCCCCCN2CCCCC2)c1. The second-order valence-electron chi connectivity index (χ2n) is 6.43. The molecule has 0 unspecified atom stereocenters. The molecule has 0 radical (unpaired) electrons. The first-order valence-corrected chi connectivity index (χ1v) is 8.68. The molecule has 0 amide bonds. The molecule has 0 aromatic heterocycles. The maximum atomic E-state index is 5.90. The number of hydrogen-bond acceptors (Lipinski definition) is 2. The zero-order valence-corrected chi connectivity index (χ0v) is 13.9. The number of piperidine rings is 1. The van der Waals surface area contributed by atoms with E-state index in [4.69, 9.17) is 4.74 Å². The van der Waals surface area contributed by atoms with Crippen molar-refractivity contribution in [3.05, 3.63) is 29.3 Å². The Balaban J connectivity index is 1.51. The van der Waals surface area contributed by atoms with Gasteiger partial charge >= 0.3 is 0 Å². The van der Waals surface area contributed by atoms with Crippen LogP contribution in [0, 0.1) is 13.8 Å². The molecule has 0 atom stereocenters. The Labute approximate surface area is 130 Å². The van der Waals surface area contributed by atoms with Crippen LogP contribution in [0.2, 0.25) is 0 Å². The van der Waals surface area contributed by atoms with Crippen LogP contribution >= 0.6 is 0 Å². The highest BCUT2D eigenvalue weighted by molar-refractivity contribution is 5.35. The highest BCUT2D eigenvalue weighted by atomic mass is 16.5. The van der Waals surface area contributed by atoms with Crippen LogP contribution in [0.1, 0.15) is 56.1 Å². The first kappa shape index (κ1) is 16.4. The summed E-state index contributed by atoms with van der Waals surface area (Å²) in [7, 11) is 0. The second-order valence-corrected chi connectivity index (χ2v) is 6.43. The summed E-state index contributed by atoms with van der Waals surface area (Å²) >= 11 is 0. The minimum atomic E-state index is 0.855. The minimum absolute atomic E-state index is 0.855. The van der Waals surface area contributed by atoms with Gasteiger partial charge in [-0.3, -0.25) is 0 Å². The van der Waals surface area contributed by atoms with Crippen molar-refractivity contribution in [3.63, 3.8) is 0 Å². The van der Waals surface area contributed by atoms with Gasteiger partial charge in [0.25, 0.3) is 0 Å². The lowest BCUT2D eigenvalue weighted by Crippen LogP contribution is -2.30. The summed E-state index contributed by atoms with van der Waals surface area (Å²) in [5, 5.41) is 0. The van der Waals surface area contributed by atoms with E-state index in [2.05, 4.69) is 36.9 Å². The molecule has 118 valence electrons. The fraction of sp³-hybridized carbons (Fsp3) is 0.684. The van der Waals surface area contributed by atoms with Crippen molar-refractivity contribution in [2.24, 2.45) is 0 Å². The van der Waals surface area contributed by atoms with Gasteiger partial charge in [0.15, 0.2) is 0 Å². The second kappa shape index (κ2) is 9.09. The third-order valence-electron chi connectivity index (χ3n) is 4.42. The van der Waals surface area contributed by atoms with Crippen molar-refractivity contribution in [1.29, 1.82) is 0 Å². The fourth-order valence-corrected chi connectivity index (χ4v) is 3.02. The molecule has 1 fully saturated rings. The van der Waals surface area contributed by atoms with E-state index >= 15 is 0 Å². The molecule has 1 aliphatic heterocycles. The predicted octanol–water partition coefficient (Wildman–Crippen LogP) is 4.73. The average molecular weight is 289 g/mol. The van der Waals surface area contributed by atoms with Gasteiger partial charge in [-0.2, -0.15) is 0 Å². The van der Waals surface area contributed by atoms with Gasteiger partial charge in [-0.05, 0) is 76.4 Å². The van der Waals surface area contributed by atoms with Gasteiger partial charge in [0.2, 0.25) is 0 Å². The highest BCUT2D eigenvalue weighted by Gasteiger charge is 2.08. The Morgan fingerprint density at radius 2 is 1.71 bits per heavy atom. The topological polar surface area (TPSA) is 12.5 Å². The fourth-order valence-electron chi connectivity index (χ4n) is 3.02. The van der Waals surface area contributed by atoms with E-state index in [9.17, 15) is 0 Å². The molecule has 2 heteroatoms. The molecular formula is C19H31NO. The Hall–Kier alpha value is -1.02. The smallest absolute Gasteiger partial charge is 0.122 e. The van der Waals surface area contributed by atoms with Gasteiger partial charge < -0.3 is 9.64 Å². The molecule has 2 rings (SSSR count). The normalized spacial score (nSPS) is 16.1. The first-order chi connectivity index (χ1) is 10.3. The quantitative estimate of drug-likeness (QED) is 0.642. The summed E-state index contributed by atoms with van der Waals surface area (Å²) in [6.07, 6.45) is 9.40. The number of hydrogen-bond donors (Lipinski definition) is 0. The van der Waals surface area contributed by atoms with Crippen molar-refractivity contribution < 1.29 is 4.74 Å². The average Bonchev–Trinajstić information content (AvgIpc) is 2.50. The van der Waals surface area contributed by atoms with Crippen molar-refractivity contribution in [3.8, 4) is 5.75 Å². The highest BCUT2D eigenvalue weighted by Crippen LogP contribution is 2.19. The summed E-state index contributed by atoms with van der Waals surface area (Å²) in [4.78, 5) is 2.64. The van der Waals surface area contributed by atoms with Gasteiger partial charge in [-0.25, -0.2) is 0 Å². The lowest BCUT2D eigenvalue weighted by molar-refractivity contribution is 0.223. The van der Waals surface area contributed by atoms with Crippen LogP contribution in [0.15, 0.2) is 18.2 Å². The summed E-state index contributed by atoms with van der Waals surface area (Å²) in [5.74, 6) is 1.06. The first-order valence-electron chi connectivity index (χ1n) is 8.68. The van der Waals surface area contributed by atoms with Crippen molar-refractivity contribution in [1.82, 2.24) is 4.90 Å². The Bertz CT molecular complexity index is 410. The van der Waals surface area contributed by atoms with E-state index in [1.807, 2.05) is 0 Å². The van der Waals surface area contributed by atoms with Crippen molar-refractivity contribution in [2.75, 3.05) is 26.2 Å². The molecule has 0 saturated carbocycles. The number of ether oxygens (including phenoxy) is 1. The predicted molar refractivity (Wildman–Crippen MR) is 90.2 cm³/mol. The molecule has 0 N–H and O–H groups in total. The monoisotopic (exact) mass is 289 g/mol.